The maximum atomic E-state index is 0. The number of hydrogen-bond acceptors (Lipinski definition) is 0. The van der Waals surface area contributed by atoms with E-state index in [0.29, 0.717) is 0 Å². The molecule has 0 aliphatic carbocycles. The normalized spacial score (nSPS) is 0. The van der Waals surface area contributed by atoms with E-state index >= 15 is 0 Å². The Morgan fingerprint density at radius 1 is 0.429 bits per heavy atom. The third kappa shape index (κ3) is 95.6. The molecule has 0 fully saturated rings. The Kier molecular flexibility index (Phi) is 3800. The Balaban J connectivity index is 0. The summed E-state index contributed by atoms with van der Waals surface area (Å²) in [4.78, 5) is 0. The Morgan fingerprint density at radius 3 is 0.429 bits per heavy atom. The predicted octanol–water partition coefficient (Wildman–Crippen LogP) is -2.01. The first-order chi connectivity index (χ1) is 0. The van der Waals surface area contributed by atoms with Crippen molar-refractivity contribution in [1.29, 1.82) is 0 Å². The molecule has 0 aliphatic heterocycles. The third-order valence-corrected chi connectivity index (χ3v) is 0. The maximum Gasteiger partial charge on any atom is 3.00 e. The quantitative estimate of drug-likeness (QED) is 0.476. The first kappa shape index (κ1) is 200. The maximum absolute atomic E-state index is 0. The van der Waals surface area contributed by atoms with Crippen LogP contribution in [0.15, 0.2) is 0 Å². The van der Waals surface area contributed by atoms with Gasteiger partial charge in [-0.15, -0.1) is 0 Å². The van der Waals surface area contributed by atoms with Crippen molar-refractivity contribution in [3.05, 3.63) is 0 Å². The van der Waals surface area contributed by atoms with Crippen molar-refractivity contribution in [2.75, 3.05) is 0 Å². The fourth-order valence-electron chi connectivity index (χ4n) is 0. The summed E-state index contributed by atoms with van der Waals surface area (Å²) in [6, 6.07) is 0. The predicted molar refractivity (Wildman–Crippen MR) is 9.29 cm³/mol. The molecule has 7 heteroatoms. The Bertz CT molecular complexity index is 6.04. The van der Waals surface area contributed by atoms with Crippen LogP contribution in [0.3, 0.4) is 0 Å². The van der Waals surface area contributed by atoms with Crippen LogP contribution in [-0.2, 0) is 68.8 Å². The van der Waals surface area contributed by atoms with Crippen LogP contribution in [-0.4, -0.2) is 11.0 Å². The van der Waals surface area contributed by atoms with Crippen molar-refractivity contribution in [2.24, 2.45) is 0 Å². The largest absolute Gasteiger partial charge is 3.00 e. The van der Waals surface area contributed by atoms with Crippen molar-refractivity contribution in [1.82, 2.24) is 0 Å². The van der Waals surface area contributed by atoms with Gasteiger partial charge in [0.1, 0.15) is 0 Å². The van der Waals surface area contributed by atoms with Gasteiger partial charge in [-0.2, -0.15) is 0 Å². The van der Waals surface area contributed by atoms with Crippen LogP contribution in [0.5, 0.6) is 0 Å². The first-order valence-corrected chi connectivity index (χ1v) is 0. The van der Waals surface area contributed by atoms with Gasteiger partial charge >= 0.3 is 52.4 Å². The average molecular weight is 266 g/mol. The van der Waals surface area contributed by atoms with E-state index in [4.69, 9.17) is 0 Å². The molecule has 0 spiro atoms. The van der Waals surface area contributed by atoms with E-state index in [1.54, 1.807) is 0 Å². The molecule has 0 aromatic rings. The molecule has 0 heterocycles. The van der Waals surface area contributed by atoms with Crippen LogP contribution in [0.2, 0.25) is 0 Å². The first-order valence-electron chi connectivity index (χ1n) is 0. The van der Waals surface area contributed by atoms with Crippen LogP contribution < -0.4 is 0 Å². The molecule has 0 rings (SSSR count). The van der Waals surface area contributed by atoms with Gasteiger partial charge in [-0.3, -0.25) is 0 Å². The smallest absolute Gasteiger partial charge is 2.00 e. The second-order valence-corrected chi connectivity index (χ2v) is 0. The summed E-state index contributed by atoms with van der Waals surface area (Å²) < 4.78 is 0. The van der Waals surface area contributed by atoms with Gasteiger partial charge in [0.25, 0.3) is 0 Å². The van der Waals surface area contributed by atoms with E-state index in [1.807, 2.05) is 0 Å². The molecule has 0 saturated heterocycles. The van der Waals surface area contributed by atoms with Gasteiger partial charge in [-0.05, 0) is 0 Å². The van der Waals surface area contributed by atoms with E-state index in [9.17, 15) is 0 Å². The molecule has 4 N–H and O–H groups in total. The second kappa shape index (κ2) is 133. The van der Waals surface area contributed by atoms with Gasteiger partial charge in [0.05, 0.1) is 0 Å². The summed E-state index contributed by atoms with van der Waals surface area (Å²) in [5.74, 6) is 0. The van der Waals surface area contributed by atoms with Crippen LogP contribution >= 0.6 is 0 Å². The number of rotatable bonds is 0. The zero-order valence-electron chi connectivity index (χ0n) is 3.22. The molecular weight excluding hydrogens is 262 g/mol. The molecule has 0 amide bonds. The van der Waals surface area contributed by atoms with Gasteiger partial charge in [-0.25, -0.2) is 0 Å². The van der Waals surface area contributed by atoms with Crippen molar-refractivity contribution in [3.63, 3.8) is 0 Å². The molecule has 42 valence electrons. The van der Waals surface area contributed by atoms with Gasteiger partial charge in [0, 0.05) is 0 Å². The molecule has 7 heavy (non-hydrogen) atoms. The topological polar surface area (TPSA) is 148 Å². The van der Waals surface area contributed by atoms with Crippen LogP contribution in [0.4, 0.5) is 0 Å². The second-order valence-electron chi connectivity index (χ2n) is 0. The molecule has 0 saturated carbocycles. The summed E-state index contributed by atoms with van der Waals surface area (Å²) >= 11 is 0. The summed E-state index contributed by atoms with van der Waals surface area (Å²) in [5.41, 5.74) is 0. The van der Waals surface area contributed by atoms with Gasteiger partial charge in [-0.1, -0.05) is 0 Å². The number of hydrogen-bond donors (Lipinski definition) is 0. The van der Waals surface area contributed by atoms with E-state index in [2.05, 4.69) is 0 Å². The fourth-order valence-corrected chi connectivity index (χ4v) is 0. The van der Waals surface area contributed by atoms with Gasteiger partial charge in [0.15, 0.2) is 0 Å². The molecule has 0 bridgehead atoms. The fraction of sp³-hybridized carbons (Fsp3) is 0. The van der Waals surface area contributed by atoms with Crippen molar-refractivity contribution in [3.8, 4) is 0 Å². The molecule has 2 radical (unpaired) electrons. The van der Waals surface area contributed by atoms with Crippen molar-refractivity contribution >= 4 is 0 Å². The molecule has 0 atom stereocenters. The Morgan fingerprint density at radius 2 is 0.429 bits per heavy atom. The Hall–Kier alpha value is 1.57. The summed E-state index contributed by atoms with van der Waals surface area (Å²) in [6.07, 6.45) is 0. The zero-order chi connectivity index (χ0) is 0. The molecule has 0 aromatic heterocycles. The molecule has 5 nitrogen and oxygen atoms in total. The van der Waals surface area contributed by atoms with E-state index in [0.717, 1.165) is 0 Å². The average Bonchev–Trinajstić information content (AvgIpc) is 0. The van der Waals surface area contributed by atoms with Crippen LogP contribution in [0.1, 0.15) is 0 Å². The zero-order valence-corrected chi connectivity index (χ0v) is 8.14. The van der Waals surface area contributed by atoms with Crippen LogP contribution in [0, 0.1) is 0 Å². The molecule has 0 aliphatic rings. The van der Waals surface area contributed by atoms with Gasteiger partial charge in [0.2, 0.25) is 0 Å². The third-order valence-electron chi connectivity index (χ3n) is 0. The van der Waals surface area contributed by atoms with E-state index < -0.39 is 0 Å². The summed E-state index contributed by atoms with van der Waals surface area (Å²) in [6.45, 7) is 0. The van der Waals surface area contributed by atoms with Crippen molar-refractivity contribution < 1.29 is 79.8 Å². The SMILES string of the molecule is O.O.[O-2].[O-2].[O-2].[Zr+3].[Zr+3]. The summed E-state index contributed by atoms with van der Waals surface area (Å²) in [7, 11) is 0. The minimum absolute atomic E-state index is 0. The van der Waals surface area contributed by atoms with Crippen molar-refractivity contribution in [2.45, 2.75) is 0 Å². The standard InChI is InChI=1S/2H2O.3O.2Zr/h2*1H2;;;;;/q;;3*-2;2*+3. The molecule has 0 unspecified atom stereocenters. The minimum Gasteiger partial charge on any atom is -2.00 e. The van der Waals surface area contributed by atoms with E-state index in [1.165, 1.54) is 0 Å². The van der Waals surface area contributed by atoms with E-state index in [-0.39, 0.29) is 79.8 Å². The molecule has 0 aromatic carbocycles. The van der Waals surface area contributed by atoms with Crippen LogP contribution in [0.25, 0.3) is 0 Å². The minimum atomic E-state index is 0. The summed E-state index contributed by atoms with van der Waals surface area (Å²) in [5, 5.41) is 0. The monoisotopic (exact) mass is 264 g/mol. The Labute approximate surface area is 79.3 Å². The molecular formula is H4O5Zr2. The van der Waals surface area contributed by atoms with Gasteiger partial charge < -0.3 is 27.4 Å².